The molecule has 2 aliphatic carbocycles. The second kappa shape index (κ2) is 22.3. The lowest BCUT2D eigenvalue weighted by molar-refractivity contribution is 0.259. The van der Waals surface area contributed by atoms with Crippen molar-refractivity contribution in [3.8, 4) is 78.6 Å². The van der Waals surface area contributed by atoms with Crippen LogP contribution in [0.5, 0.6) is 23.0 Å². The van der Waals surface area contributed by atoms with E-state index in [-0.39, 0.29) is 0 Å². The zero-order valence-corrected chi connectivity index (χ0v) is 45.5. The lowest BCUT2D eigenvalue weighted by Gasteiger charge is -2.21. The Hall–Kier alpha value is -7.04. The van der Waals surface area contributed by atoms with Crippen LogP contribution in [-0.4, -0.2) is 26.4 Å². The lowest BCUT2D eigenvalue weighted by atomic mass is 9.81. The summed E-state index contributed by atoms with van der Waals surface area (Å²) >= 11 is 0. The number of rotatable bonds is 25. The van der Waals surface area contributed by atoms with Gasteiger partial charge in [0, 0.05) is 0 Å². The molecule has 0 unspecified atom stereocenters. The topological polar surface area (TPSA) is 36.9 Å². The van der Waals surface area contributed by atoms with Gasteiger partial charge in [0.2, 0.25) is 0 Å². The van der Waals surface area contributed by atoms with Gasteiger partial charge in [-0.2, -0.15) is 0 Å². The molecule has 0 fully saturated rings. The number of hydrogen-bond donors (Lipinski definition) is 0. The molecule has 0 N–H and O–H groups in total. The average molecular weight is 1000 g/mol. The van der Waals surface area contributed by atoms with Gasteiger partial charge in [0.25, 0.3) is 0 Å². The Kier molecular flexibility index (Phi) is 14.6. The molecule has 4 nitrogen and oxygen atoms in total. The molecule has 0 radical (unpaired) electrons. The molecule has 4 heteroatoms. The van der Waals surface area contributed by atoms with Gasteiger partial charge in [0.15, 0.2) is 23.0 Å². The number of benzene rings is 10. The highest BCUT2D eigenvalue weighted by molar-refractivity contribution is 6.39. The normalized spacial score (nSPS) is 12.2. The van der Waals surface area contributed by atoms with Crippen LogP contribution in [0.2, 0.25) is 0 Å². The van der Waals surface area contributed by atoms with Crippen molar-refractivity contribution < 1.29 is 18.9 Å². The largest absolute Gasteiger partial charge is 0.490 e. The molecule has 10 aromatic rings. The van der Waals surface area contributed by atoms with Crippen LogP contribution in [0.15, 0.2) is 133 Å². The van der Waals surface area contributed by atoms with E-state index in [1.165, 1.54) is 172 Å². The minimum Gasteiger partial charge on any atom is -0.490 e. The van der Waals surface area contributed by atoms with Crippen LogP contribution < -0.4 is 18.9 Å². The first-order valence-electron chi connectivity index (χ1n) is 29.3. The van der Waals surface area contributed by atoms with Crippen LogP contribution in [0.25, 0.3) is 120 Å². The van der Waals surface area contributed by atoms with Crippen molar-refractivity contribution in [2.75, 3.05) is 26.4 Å². The van der Waals surface area contributed by atoms with Crippen molar-refractivity contribution in [2.45, 2.75) is 130 Å². The van der Waals surface area contributed by atoms with Gasteiger partial charge in [0.05, 0.1) is 26.4 Å². The molecule has 0 aliphatic heterocycles. The van der Waals surface area contributed by atoms with Gasteiger partial charge in [-0.1, -0.05) is 202 Å². The maximum absolute atomic E-state index is 6.80. The third kappa shape index (κ3) is 8.90. The summed E-state index contributed by atoms with van der Waals surface area (Å²) in [5.41, 5.74) is 12.6. The van der Waals surface area contributed by atoms with Crippen LogP contribution in [-0.2, 0) is 0 Å². The van der Waals surface area contributed by atoms with Crippen molar-refractivity contribution in [1.29, 1.82) is 0 Å². The first kappa shape index (κ1) is 49.8. The Bertz CT molecular complexity index is 3440. The summed E-state index contributed by atoms with van der Waals surface area (Å²) in [6, 6.07) is 50.8. The Labute approximate surface area is 450 Å². The van der Waals surface area contributed by atoms with Crippen molar-refractivity contribution in [2.24, 2.45) is 0 Å². The first-order valence-corrected chi connectivity index (χ1v) is 29.3. The van der Waals surface area contributed by atoms with Crippen LogP contribution in [0, 0.1) is 0 Å². The van der Waals surface area contributed by atoms with Gasteiger partial charge in [-0.05, 0) is 182 Å². The van der Waals surface area contributed by atoms with Crippen molar-refractivity contribution in [1.82, 2.24) is 0 Å². The minimum absolute atomic E-state index is 0.674. The molecule has 0 saturated carbocycles. The lowest BCUT2D eigenvalue weighted by Crippen LogP contribution is -2.03. The van der Waals surface area contributed by atoms with Crippen molar-refractivity contribution >= 4 is 64.6 Å². The van der Waals surface area contributed by atoms with Gasteiger partial charge in [-0.25, -0.2) is 0 Å². The highest BCUT2D eigenvalue weighted by atomic mass is 16.5. The molecule has 0 bridgehead atoms. The average Bonchev–Trinajstić information content (AvgIpc) is 4.18. The van der Waals surface area contributed by atoms with E-state index in [0.717, 1.165) is 74.4 Å². The molecule has 10 aromatic carbocycles. The third-order valence-electron chi connectivity index (χ3n) is 16.6. The molecule has 0 amide bonds. The predicted molar refractivity (Wildman–Crippen MR) is 324 cm³/mol. The van der Waals surface area contributed by atoms with E-state index in [0.29, 0.717) is 26.4 Å². The number of ether oxygens (including phenoxy) is 4. The fraction of sp³-hybridized carbons (Fsp3) is 0.333. The van der Waals surface area contributed by atoms with Crippen LogP contribution in [0.3, 0.4) is 0 Å². The van der Waals surface area contributed by atoms with Gasteiger partial charge >= 0.3 is 0 Å². The molecule has 386 valence electrons. The van der Waals surface area contributed by atoms with E-state index in [4.69, 9.17) is 18.9 Å². The molecule has 0 spiro atoms. The van der Waals surface area contributed by atoms with E-state index >= 15 is 0 Å². The Balaban J connectivity index is 1.13. The molecule has 2 aliphatic rings. The second-order valence-electron chi connectivity index (χ2n) is 21.7. The van der Waals surface area contributed by atoms with E-state index < -0.39 is 0 Å². The molecular weight excluding hydrogens is 929 g/mol. The zero-order chi connectivity index (χ0) is 51.5. The summed E-state index contributed by atoms with van der Waals surface area (Å²) < 4.78 is 27.2. The quantitative estimate of drug-likeness (QED) is 0.0422. The fourth-order valence-corrected chi connectivity index (χ4v) is 12.9. The molecule has 0 atom stereocenters. The van der Waals surface area contributed by atoms with Crippen molar-refractivity contribution in [3.63, 3.8) is 0 Å². The predicted octanol–water partition coefficient (Wildman–Crippen LogP) is 21.4. The summed E-state index contributed by atoms with van der Waals surface area (Å²) in [5, 5.41) is 15.1. The smallest absolute Gasteiger partial charge is 0.161 e. The molecular formula is C72H74O4. The first-order chi connectivity index (χ1) is 37.6. The Morgan fingerprint density at radius 2 is 0.513 bits per heavy atom. The second-order valence-corrected chi connectivity index (χ2v) is 21.7. The zero-order valence-electron chi connectivity index (χ0n) is 45.5. The summed E-state index contributed by atoms with van der Waals surface area (Å²) in [5.74, 6) is 3.40. The van der Waals surface area contributed by atoms with Crippen LogP contribution >= 0.6 is 0 Å². The molecule has 76 heavy (non-hydrogen) atoms. The molecule has 0 saturated heterocycles. The maximum atomic E-state index is 6.80. The third-order valence-corrected chi connectivity index (χ3v) is 16.6. The van der Waals surface area contributed by atoms with Crippen molar-refractivity contribution in [3.05, 3.63) is 133 Å². The summed E-state index contributed by atoms with van der Waals surface area (Å²) in [7, 11) is 0. The number of fused-ring (bicyclic) bond motifs is 14. The SMILES string of the molecule is CCCCCCOc1cc2c(cc1OCCCCCC)-c1c3ccccc3c(-c3c4ccccc4c4c5c(c6ccccc6cc35)-c3cc(OCCCCCC)c(OCCCCCC)cc3-4)c3cc4ccccc4c-2c13. The van der Waals surface area contributed by atoms with Gasteiger partial charge in [-0.3, -0.25) is 0 Å². The maximum Gasteiger partial charge on any atom is 0.161 e. The van der Waals surface area contributed by atoms with Crippen LogP contribution in [0.4, 0.5) is 0 Å². The highest BCUT2D eigenvalue weighted by Crippen LogP contribution is 2.62. The monoisotopic (exact) mass is 1000 g/mol. The van der Waals surface area contributed by atoms with Gasteiger partial charge in [0.1, 0.15) is 0 Å². The minimum atomic E-state index is 0.674. The fourth-order valence-electron chi connectivity index (χ4n) is 12.9. The summed E-state index contributed by atoms with van der Waals surface area (Å²) in [4.78, 5) is 0. The molecule has 0 heterocycles. The molecule has 0 aromatic heterocycles. The standard InChI is InChI=1S/C72H74O4/c1-5-9-13-25-37-73-61-43-55-57(45-63(61)75-39-27-15-11-7-3)67-51-33-21-23-35-53(51)69(59-41-47-29-17-19-31-49(47)65(55)71(59)67)70-54-36-24-22-34-52(54)68-58-46-64(76-40-28-16-12-8-4)62(74-38-26-14-10-6-2)44-56(58)66-50-32-20-18-30-48(50)42-60(70)72(66)68/h17-24,29-36,41-46H,5-16,25-28,37-40H2,1-4H3. The summed E-state index contributed by atoms with van der Waals surface area (Å²) in [6.45, 7) is 11.8. The Morgan fingerprint density at radius 1 is 0.250 bits per heavy atom. The summed E-state index contributed by atoms with van der Waals surface area (Å²) in [6.07, 6.45) is 18.4. The van der Waals surface area contributed by atoms with E-state index in [2.05, 4.69) is 161 Å². The number of hydrogen-bond acceptors (Lipinski definition) is 4. The Morgan fingerprint density at radius 3 is 0.816 bits per heavy atom. The van der Waals surface area contributed by atoms with E-state index in [1.54, 1.807) is 0 Å². The van der Waals surface area contributed by atoms with E-state index in [1.807, 2.05) is 0 Å². The highest BCUT2D eigenvalue weighted by Gasteiger charge is 2.34. The number of unbranched alkanes of at least 4 members (excludes halogenated alkanes) is 12. The van der Waals surface area contributed by atoms with E-state index in [9.17, 15) is 0 Å². The van der Waals surface area contributed by atoms with Gasteiger partial charge in [-0.15, -0.1) is 0 Å². The molecule has 12 rings (SSSR count). The van der Waals surface area contributed by atoms with Crippen LogP contribution in [0.1, 0.15) is 130 Å². The van der Waals surface area contributed by atoms with Gasteiger partial charge < -0.3 is 18.9 Å².